The average molecular weight is 544 g/mol. The summed E-state index contributed by atoms with van der Waals surface area (Å²) in [6, 6.07) is 4.63. The van der Waals surface area contributed by atoms with Gasteiger partial charge in [0, 0.05) is 25.2 Å². The number of nitrogens with two attached hydrogens (primary N) is 1. The average Bonchev–Trinajstić information content (AvgIpc) is 3.48. The van der Waals surface area contributed by atoms with Gasteiger partial charge in [-0.25, -0.2) is 13.8 Å². The molecular formula is C21H21ClF7N5O2. The molecule has 0 bridgehead atoms. The maximum absolute atomic E-state index is 13.9. The van der Waals surface area contributed by atoms with Crippen LogP contribution in [0.25, 0.3) is 0 Å². The minimum Gasteiger partial charge on any atom is -0.482 e. The monoisotopic (exact) mass is 543 g/mol. The number of aliphatic imine (C=N–C) groups is 1. The highest BCUT2D eigenvalue weighted by atomic mass is 35.5. The fourth-order valence-electron chi connectivity index (χ4n) is 3.25. The Hall–Kier alpha value is -3.03. The molecule has 1 heterocycles. The van der Waals surface area contributed by atoms with Gasteiger partial charge in [0.1, 0.15) is 12.3 Å². The van der Waals surface area contributed by atoms with Gasteiger partial charge in [0.25, 0.3) is 12.3 Å². The van der Waals surface area contributed by atoms with E-state index in [1.54, 1.807) is 6.07 Å². The molecule has 3 N–H and O–H groups in total. The second-order valence-electron chi connectivity index (χ2n) is 8.00. The van der Waals surface area contributed by atoms with Crippen molar-refractivity contribution in [3.8, 4) is 0 Å². The van der Waals surface area contributed by atoms with E-state index in [9.17, 15) is 35.5 Å². The summed E-state index contributed by atoms with van der Waals surface area (Å²) in [7, 11) is 1.02. The van der Waals surface area contributed by atoms with Crippen LogP contribution < -0.4 is 11.1 Å². The fraction of sp³-hybridized carbons (Fsp3) is 0.476. The van der Waals surface area contributed by atoms with Crippen LogP contribution in [0.3, 0.4) is 0 Å². The molecule has 1 aromatic rings. The highest BCUT2D eigenvalue weighted by Crippen LogP contribution is 2.41. The molecule has 36 heavy (non-hydrogen) atoms. The van der Waals surface area contributed by atoms with Gasteiger partial charge in [-0.05, 0) is 30.5 Å². The Morgan fingerprint density at radius 1 is 1.31 bits per heavy atom. The van der Waals surface area contributed by atoms with Crippen molar-refractivity contribution in [1.29, 1.82) is 0 Å². The number of nitrogens with one attached hydrogen (secondary N) is 1. The van der Waals surface area contributed by atoms with Gasteiger partial charge in [0.2, 0.25) is 0 Å². The van der Waals surface area contributed by atoms with Crippen LogP contribution in [0.2, 0.25) is 5.02 Å². The van der Waals surface area contributed by atoms with Crippen molar-refractivity contribution in [2.45, 2.75) is 43.3 Å². The summed E-state index contributed by atoms with van der Waals surface area (Å²) in [6.07, 6.45) is -6.29. The zero-order valence-corrected chi connectivity index (χ0v) is 19.4. The lowest BCUT2D eigenvalue weighted by Crippen LogP contribution is -2.44. The first-order chi connectivity index (χ1) is 16.8. The van der Waals surface area contributed by atoms with Crippen molar-refractivity contribution in [3.05, 3.63) is 45.8 Å². The third kappa shape index (κ3) is 6.02. The van der Waals surface area contributed by atoms with E-state index in [4.69, 9.17) is 17.3 Å². The Kier molecular flexibility index (Phi) is 8.06. The van der Waals surface area contributed by atoms with Crippen LogP contribution in [0, 0.1) is 0 Å². The molecule has 2 aliphatic rings. The van der Waals surface area contributed by atoms with Crippen LogP contribution in [0.15, 0.2) is 39.7 Å². The van der Waals surface area contributed by atoms with Crippen LogP contribution in [0.1, 0.15) is 34.7 Å². The van der Waals surface area contributed by atoms with Crippen molar-refractivity contribution in [2.75, 3.05) is 20.2 Å². The van der Waals surface area contributed by atoms with Crippen LogP contribution in [0.5, 0.6) is 0 Å². The Balaban J connectivity index is 1.88. The number of hydrogen-bond donors (Lipinski definition) is 2. The predicted octanol–water partition coefficient (Wildman–Crippen LogP) is 4.30. The van der Waals surface area contributed by atoms with Gasteiger partial charge >= 0.3 is 12.1 Å². The number of ether oxygens (including phenoxy) is 1. The summed E-state index contributed by atoms with van der Waals surface area (Å²) in [5.74, 6) is -8.66. The number of allylic oxidation sites excluding steroid dienone is 1. The highest BCUT2D eigenvalue weighted by molar-refractivity contribution is 6.33. The third-order valence-electron chi connectivity index (χ3n) is 5.28. The van der Waals surface area contributed by atoms with E-state index < -0.39 is 48.3 Å². The first kappa shape index (κ1) is 27.6. The Labute approximate surface area is 205 Å². The maximum atomic E-state index is 13.9. The van der Waals surface area contributed by atoms with Crippen LogP contribution >= 0.6 is 11.6 Å². The molecule has 198 valence electrons. The summed E-state index contributed by atoms with van der Waals surface area (Å²) in [5, 5.41) is 7.83. The van der Waals surface area contributed by atoms with Crippen molar-refractivity contribution in [3.63, 3.8) is 0 Å². The number of alkyl halides is 7. The highest BCUT2D eigenvalue weighted by Gasteiger charge is 2.61. The quantitative estimate of drug-likeness (QED) is 0.221. The number of rotatable bonds is 8. The van der Waals surface area contributed by atoms with Gasteiger partial charge in [-0.2, -0.15) is 27.1 Å². The summed E-state index contributed by atoms with van der Waals surface area (Å²) in [5.41, 5.74) is 3.67. The molecule has 1 atom stereocenters. The van der Waals surface area contributed by atoms with Gasteiger partial charge in [-0.15, -0.1) is 0 Å². The SMILES string of the molecule is CN=C(C(OCC(F)F)=C(N)C(F)(F)C(F)(F)F)N1CC(c2ccc(Cl)c(C(=O)NC3CC3)c2)C=N1. The number of hydrazone groups is 1. The van der Waals surface area contributed by atoms with Gasteiger partial charge in [-0.1, -0.05) is 17.7 Å². The molecule has 0 saturated heterocycles. The lowest BCUT2D eigenvalue weighted by atomic mass is 9.98. The van der Waals surface area contributed by atoms with E-state index in [2.05, 4.69) is 20.1 Å². The van der Waals surface area contributed by atoms with Crippen LogP contribution in [0.4, 0.5) is 30.7 Å². The second kappa shape index (κ2) is 10.5. The number of hydrogen-bond acceptors (Lipinski definition) is 5. The number of nitrogens with zero attached hydrogens (tertiary/aromatic N) is 3. The van der Waals surface area contributed by atoms with Crippen molar-refractivity contribution in [2.24, 2.45) is 15.8 Å². The van der Waals surface area contributed by atoms with Gasteiger partial charge in [0.15, 0.2) is 11.6 Å². The molecule has 1 amide bonds. The van der Waals surface area contributed by atoms with Gasteiger partial charge in [0.05, 0.1) is 17.1 Å². The van der Waals surface area contributed by atoms with E-state index in [1.165, 1.54) is 18.3 Å². The molecule has 1 aliphatic heterocycles. The van der Waals surface area contributed by atoms with E-state index in [0.717, 1.165) is 24.9 Å². The molecule has 1 fully saturated rings. The molecule has 1 aliphatic carbocycles. The number of carbonyl (C=O) groups excluding carboxylic acids is 1. The largest absolute Gasteiger partial charge is 0.482 e. The third-order valence-corrected chi connectivity index (χ3v) is 5.61. The van der Waals surface area contributed by atoms with Gasteiger partial charge in [-0.3, -0.25) is 9.79 Å². The van der Waals surface area contributed by atoms with Crippen molar-refractivity contribution >= 4 is 29.6 Å². The summed E-state index contributed by atoms with van der Waals surface area (Å²) >= 11 is 6.13. The molecular weight excluding hydrogens is 523 g/mol. The van der Waals surface area contributed by atoms with E-state index in [1.807, 2.05) is 0 Å². The van der Waals surface area contributed by atoms with E-state index >= 15 is 0 Å². The fourth-order valence-corrected chi connectivity index (χ4v) is 3.45. The normalized spacial score (nSPS) is 19.6. The van der Waals surface area contributed by atoms with Gasteiger partial charge < -0.3 is 15.8 Å². The lowest BCUT2D eigenvalue weighted by Gasteiger charge is -2.26. The zero-order valence-electron chi connectivity index (χ0n) is 18.6. The topological polar surface area (TPSA) is 92.3 Å². The molecule has 1 aromatic carbocycles. The van der Waals surface area contributed by atoms with E-state index in [-0.39, 0.29) is 29.1 Å². The number of carbonyl (C=O) groups is 1. The maximum Gasteiger partial charge on any atom is 0.459 e. The Morgan fingerprint density at radius 2 is 1.97 bits per heavy atom. The molecule has 7 nitrogen and oxygen atoms in total. The summed E-state index contributed by atoms with van der Waals surface area (Å²) in [6.45, 7) is -1.68. The summed E-state index contributed by atoms with van der Waals surface area (Å²) in [4.78, 5) is 16.1. The Morgan fingerprint density at radius 3 is 2.53 bits per heavy atom. The minimum absolute atomic E-state index is 0.0720. The number of halogens is 8. The summed E-state index contributed by atoms with van der Waals surface area (Å²) < 4.78 is 96.6. The molecule has 0 aromatic heterocycles. The predicted molar refractivity (Wildman–Crippen MR) is 117 cm³/mol. The Bertz CT molecular complexity index is 1090. The van der Waals surface area contributed by atoms with Crippen LogP contribution in [-0.4, -0.2) is 67.7 Å². The number of amides is 1. The minimum atomic E-state index is -6.12. The van der Waals surface area contributed by atoms with E-state index in [0.29, 0.717) is 5.56 Å². The standard InChI is InChI=1S/C21H21ClF7N5O2/c1-31-18(16(36-9-15(23)24)17(30)20(25,26)21(27,28)29)34-8-11(7-32-34)10-2-5-14(22)13(6-10)19(35)33-12-3-4-12/h2,5-7,11-12,15H,3-4,8-9,30H2,1H3,(H,33,35). The van der Waals surface area contributed by atoms with Crippen LogP contribution in [-0.2, 0) is 4.74 Å². The first-order valence-corrected chi connectivity index (χ1v) is 10.9. The lowest BCUT2D eigenvalue weighted by molar-refractivity contribution is -0.265. The molecule has 1 unspecified atom stereocenters. The molecule has 3 rings (SSSR count). The zero-order chi connectivity index (χ0) is 26.8. The molecule has 0 spiro atoms. The van der Waals surface area contributed by atoms with Crippen molar-refractivity contribution < 1.29 is 40.3 Å². The molecule has 0 radical (unpaired) electrons. The van der Waals surface area contributed by atoms with Crippen molar-refractivity contribution in [1.82, 2.24) is 10.3 Å². The number of benzene rings is 1. The molecule has 15 heteroatoms. The first-order valence-electron chi connectivity index (χ1n) is 10.5. The smallest absolute Gasteiger partial charge is 0.459 e. The number of amidine groups is 1. The molecule has 1 saturated carbocycles. The second-order valence-corrected chi connectivity index (χ2v) is 8.41.